The van der Waals surface area contributed by atoms with Gasteiger partial charge in [0, 0.05) is 18.8 Å². The predicted octanol–water partition coefficient (Wildman–Crippen LogP) is 4.15. The SMILES string of the molecule is CCOc1ccc(N2CC=C[C@@H]3O[C@]45C=CCN(c6c(C)cccc6Cl)C(=O)C4N([C@@H](CO)C(C)C)C(=O)[C@@H]5[C@@H]3C2=O)cc1. The molecule has 0 radical (unpaired) electrons. The Balaban J connectivity index is 1.46. The van der Waals surface area contributed by atoms with Crippen LogP contribution in [0.15, 0.2) is 66.8 Å². The monoisotopic (exact) mass is 619 g/mol. The van der Waals surface area contributed by atoms with Crippen LogP contribution in [0.4, 0.5) is 11.4 Å². The first-order valence-corrected chi connectivity index (χ1v) is 15.6. The predicted molar refractivity (Wildman–Crippen MR) is 168 cm³/mol. The van der Waals surface area contributed by atoms with Crippen LogP contribution in [0.1, 0.15) is 26.3 Å². The third-order valence-corrected chi connectivity index (χ3v) is 9.63. The van der Waals surface area contributed by atoms with E-state index in [1.807, 2.05) is 82.3 Å². The molecule has 0 bridgehead atoms. The molecule has 44 heavy (non-hydrogen) atoms. The number of carbonyl (C=O) groups excluding carboxylic acids is 3. The summed E-state index contributed by atoms with van der Waals surface area (Å²) in [6.07, 6.45) is 6.63. The fraction of sp³-hybridized carbons (Fsp3) is 0.441. The van der Waals surface area contributed by atoms with E-state index >= 15 is 0 Å². The maximum Gasteiger partial charge on any atom is 0.253 e. The van der Waals surface area contributed by atoms with Gasteiger partial charge in [0.2, 0.25) is 11.8 Å². The number of anilines is 2. The van der Waals surface area contributed by atoms with Gasteiger partial charge in [0.05, 0.1) is 47.9 Å². The fourth-order valence-corrected chi connectivity index (χ4v) is 7.66. The molecule has 2 aromatic carbocycles. The molecule has 10 heteroatoms. The second kappa shape index (κ2) is 11.7. The fourth-order valence-electron chi connectivity index (χ4n) is 7.34. The molecule has 232 valence electrons. The van der Waals surface area contributed by atoms with Crippen molar-refractivity contribution in [2.24, 2.45) is 17.8 Å². The molecule has 1 unspecified atom stereocenters. The van der Waals surface area contributed by atoms with Crippen molar-refractivity contribution in [3.63, 3.8) is 0 Å². The topological polar surface area (TPSA) is 99.6 Å². The zero-order valence-electron chi connectivity index (χ0n) is 25.4. The molecule has 4 heterocycles. The first kappa shape index (κ1) is 30.4. The van der Waals surface area contributed by atoms with E-state index in [2.05, 4.69) is 0 Å². The number of aryl methyl sites for hydroxylation is 1. The number of fused-ring (bicyclic) bond motifs is 2. The first-order chi connectivity index (χ1) is 21.1. The molecule has 0 aliphatic carbocycles. The van der Waals surface area contributed by atoms with Crippen LogP contribution < -0.4 is 14.5 Å². The van der Waals surface area contributed by atoms with Gasteiger partial charge in [0.15, 0.2) is 0 Å². The van der Waals surface area contributed by atoms with Crippen molar-refractivity contribution in [1.82, 2.24) is 4.90 Å². The minimum Gasteiger partial charge on any atom is -0.494 e. The summed E-state index contributed by atoms with van der Waals surface area (Å²) in [6, 6.07) is 10.9. The average Bonchev–Trinajstić information content (AvgIpc) is 3.30. The molecular formula is C34H38ClN3O6. The molecular weight excluding hydrogens is 582 g/mol. The summed E-state index contributed by atoms with van der Waals surface area (Å²) >= 11 is 6.64. The lowest BCUT2D eigenvalue weighted by Gasteiger charge is -2.40. The number of nitrogens with zero attached hydrogens (tertiary/aromatic N) is 3. The number of hydrogen-bond donors (Lipinski definition) is 1. The molecule has 4 aliphatic heterocycles. The summed E-state index contributed by atoms with van der Waals surface area (Å²) in [5.74, 6) is -2.32. The Labute approximate surface area is 262 Å². The molecule has 0 aromatic heterocycles. The number of para-hydroxylation sites is 1. The van der Waals surface area contributed by atoms with Crippen molar-refractivity contribution in [2.75, 3.05) is 36.1 Å². The number of halogens is 1. The molecule has 1 spiro atoms. The highest BCUT2D eigenvalue weighted by Gasteiger charge is 2.72. The summed E-state index contributed by atoms with van der Waals surface area (Å²) in [6.45, 7) is 8.30. The molecule has 2 fully saturated rings. The number of aliphatic hydroxyl groups excluding tert-OH is 1. The Morgan fingerprint density at radius 1 is 1.02 bits per heavy atom. The highest BCUT2D eigenvalue weighted by Crippen LogP contribution is 2.55. The number of amides is 3. The van der Waals surface area contributed by atoms with E-state index in [9.17, 15) is 19.5 Å². The van der Waals surface area contributed by atoms with Gasteiger partial charge in [-0.25, -0.2) is 0 Å². The van der Waals surface area contributed by atoms with Crippen molar-refractivity contribution in [2.45, 2.75) is 51.5 Å². The molecule has 0 saturated carbocycles. The van der Waals surface area contributed by atoms with E-state index in [-0.39, 0.29) is 36.8 Å². The van der Waals surface area contributed by atoms with Crippen LogP contribution in [0, 0.1) is 24.7 Å². The summed E-state index contributed by atoms with van der Waals surface area (Å²) in [7, 11) is 0. The quantitative estimate of drug-likeness (QED) is 0.468. The van der Waals surface area contributed by atoms with Gasteiger partial charge in [0.25, 0.3) is 5.91 Å². The molecule has 6 atom stereocenters. The highest BCUT2D eigenvalue weighted by atomic mass is 35.5. The van der Waals surface area contributed by atoms with Crippen molar-refractivity contribution >= 4 is 40.7 Å². The Kier molecular flexibility index (Phi) is 8.07. The lowest BCUT2D eigenvalue weighted by Crippen LogP contribution is -2.59. The number of ether oxygens (including phenoxy) is 2. The zero-order valence-corrected chi connectivity index (χ0v) is 26.1. The summed E-state index contributed by atoms with van der Waals surface area (Å²) < 4.78 is 12.4. The van der Waals surface area contributed by atoms with Gasteiger partial charge in [-0.2, -0.15) is 0 Å². The number of hydrogen-bond acceptors (Lipinski definition) is 6. The van der Waals surface area contributed by atoms with E-state index in [0.717, 1.165) is 5.56 Å². The molecule has 1 N–H and O–H groups in total. The van der Waals surface area contributed by atoms with E-state index in [1.54, 1.807) is 21.9 Å². The third-order valence-electron chi connectivity index (χ3n) is 9.33. The number of carbonyl (C=O) groups is 3. The third kappa shape index (κ3) is 4.64. The maximum atomic E-state index is 14.7. The van der Waals surface area contributed by atoms with Crippen LogP contribution in [0.5, 0.6) is 5.75 Å². The van der Waals surface area contributed by atoms with Gasteiger partial charge >= 0.3 is 0 Å². The lowest BCUT2D eigenvalue weighted by atomic mass is 9.77. The second-order valence-corrected chi connectivity index (χ2v) is 12.5. The molecule has 3 amide bonds. The molecule has 9 nitrogen and oxygen atoms in total. The summed E-state index contributed by atoms with van der Waals surface area (Å²) in [4.78, 5) is 48.6. The Bertz CT molecular complexity index is 1500. The number of rotatable bonds is 7. The number of benzene rings is 2. The van der Waals surface area contributed by atoms with Crippen molar-refractivity contribution in [3.8, 4) is 5.75 Å². The second-order valence-electron chi connectivity index (χ2n) is 12.1. The van der Waals surface area contributed by atoms with Crippen LogP contribution in [0.25, 0.3) is 0 Å². The van der Waals surface area contributed by atoms with Crippen molar-refractivity contribution < 1.29 is 29.0 Å². The Morgan fingerprint density at radius 3 is 2.41 bits per heavy atom. The largest absolute Gasteiger partial charge is 0.494 e. The van der Waals surface area contributed by atoms with Crippen molar-refractivity contribution in [3.05, 3.63) is 77.4 Å². The minimum absolute atomic E-state index is 0.170. The van der Waals surface area contributed by atoms with Crippen LogP contribution in [0.2, 0.25) is 5.02 Å². The molecule has 2 saturated heterocycles. The average molecular weight is 620 g/mol. The van der Waals surface area contributed by atoms with Crippen LogP contribution in [0.3, 0.4) is 0 Å². The van der Waals surface area contributed by atoms with E-state index < -0.39 is 35.6 Å². The molecule has 4 aliphatic rings. The standard InChI is InChI=1S/C34H38ClN3O6/c1-5-43-23-14-12-22(13-15-23)36-17-7-11-26-27(31(36)40)28-32(41)38(25(19-39)20(2)3)30-33(42)37(18-8-16-34(28,30)44-26)29-21(4)9-6-10-24(29)35/h6-16,20,25-28,30,39H,5,17-19H2,1-4H3/t25-,26-,27+,28-,30?,34-/m0/s1. The van der Waals surface area contributed by atoms with Gasteiger partial charge < -0.3 is 29.3 Å². The van der Waals surface area contributed by atoms with Gasteiger partial charge in [-0.1, -0.05) is 61.9 Å². The number of aliphatic hydroxyl groups is 1. The van der Waals surface area contributed by atoms with Crippen LogP contribution in [-0.2, 0) is 19.1 Å². The zero-order chi connectivity index (χ0) is 31.3. The van der Waals surface area contributed by atoms with Gasteiger partial charge in [-0.15, -0.1) is 0 Å². The minimum atomic E-state index is -1.42. The van der Waals surface area contributed by atoms with Gasteiger partial charge in [0.1, 0.15) is 17.4 Å². The van der Waals surface area contributed by atoms with Crippen LogP contribution in [-0.4, -0.2) is 77.8 Å². The summed E-state index contributed by atoms with van der Waals surface area (Å²) in [5, 5.41) is 11.0. The lowest BCUT2D eigenvalue weighted by molar-refractivity contribution is -0.145. The van der Waals surface area contributed by atoms with Crippen LogP contribution >= 0.6 is 11.6 Å². The Hall–Kier alpha value is -3.66. The first-order valence-electron chi connectivity index (χ1n) is 15.2. The van der Waals surface area contributed by atoms with Gasteiger partial charge in [-0.3, -0.25) is 14.4 Å². The highest BCUT2D eigenvalue weighted by molar-refractivity contribution is 6.34. The van der Waals surface area contributed by atoms with E-state index in [0.29, 0.717) is 35.3 Å². The molecule has 2 aromatic rings. The Morgan fingerprint density at radius 2 is 1.75 bits per heavy atom. The molecule has 6 rings (SSSR count). The van der Waals surface area contributed by atoms with E-state index in [4.69, 9.17) is 21.1 Å². The van der Waals surface area contributed by atoms with E-state index in [1.165, 1.54) is 4.90 Å². The number of likely N-dealkylation sites (tertiary alicyclic amines) is 1. The maximum absolute atomic E-state index is 14.7. The van der Waals surface area contributed by atoms with Crippen molar-refractivity contribution in [1.29, 1.82) is 0 Å². The summed E-state index contributed by atoms with van der Waals surface area (Å²) in [5.41, 5.74) is 0.627. The van der Waals surface area contributed by atoms with Gasteiger partial charge in [-0.05, 0) is 55.7 Å². The normalized spacial score (nSPS) is 28.6. The smallest absolute Gasteiger partial charge is 0.253 e.